The molecule has 1 aliphatic heterocycles. The van der Waals surface area contributed by atoms with Gasteiger partial charge in [-0.3, -0.25) is 19.3 Å². The molecule has 33 heavy (non-hydrogen) atoms. The monoisotopic (exact) mass is 440 g/mol. The van der Waals surface area contributed by atoms with Gasteiger partial charge in [-0.15, -0.1) is 0 Å². The van der Waals surface area contributed by atoms with Crippen molar-refractivity contribution in [2.24, 2.45) is 11.8 Å². The van der Waals surface area contributed by atoms with Crippen LogP contribution in [0.1, 0.15) is 32.2 Å². The van der Waals surface area contributed by atoms with Crippen molar-refractivity contribution in [3.8, 4) is 0 Å². The first-order chi connectivity index (χ1) is 16.1. The van der Waals surface area contributed by atoms with Gasteiger partial charge >= 0.3 is 0 Å². The minimum Gasteiger partial charge on any atom is -0.358 e. The fourth-order valence-corrected chi connectivity index (χ4v) is 4.81. The van der Waals surface area contributed by atoms with E-state index in [9.17, 15) is 14.4 Å². The van der Waals surface area contributed by atoms with Crippen LogP contribution in [0.2, 0.25) is 0 Å². The van der Waals surface area contributed by atoms with Crippen molar-refractivity contribution in [2.45, 2.75) is 5.92 Å². The van der Waals surface area contributed by atoms with Gasteiger partial charge < -0.3 is 5.32 Å². The number of ketones is 2. The van der Waals surface area contributed by atoms with E-state index in [0.29, 0.717) is 24.2 Å². The van der Waals surface area contributed by atoms with Crippen LogP contribution in [0.5, 0.6) is 0 Å². The van der Waals surface area contributed by atoms with Crippen molar-refractivity contribution in [1.82, 2.24) is 10.2 Å². The Hall–Kier alpha value is -3.57. The summed E-state index contributed by atoms with van der Waals surface area (Å²) in [6, 6.07) is 28.2. The molecule has 1 aliphatic rings. The third kappa shape index (κ3) is 5.10. The van der Waals surface area contributed by atoms with E-state index in [2.05, 4.69) is 5.32 Å². The van der Waals surface area contributed by atoms with Gasteiger partial charge in [0.25, 0.3) is 0 Å². The van der Waals surface area contributed by atoms with Gasteiger partial charge in [-0.1, -0.05) is 91.0 Å². The highest BCUT2D eigenvalue weighted by Crippen LogP contribution is 2.40. The maximum atomic E-state index is 13.8. The Bertz CT molecular complexity index is 1040. The zero-order valence-corrected chi connectivity index (χ0v) is 18.7. The van der Waals surface area contributed by atoms with Gasteiger partial charge in [0.05, 0.1) is 6.54 Å². The number of rotatable bonds is 7. The Labute approximate surface area is 194 Å². The quantitative estimate of drug-likeness (QED) is 0.567. The predicted octanol–water partition coefficient (Wildman–Crippen LogP) is 3.83. The molecule has 1 unspecified atom stereocenters. The van der Waals surface area contributed by atoms with Gasteiger partial charge in [0.1, 0.15) is 0 Å². The van der Waals surface area contributed by atoms with Crippen molar-refractivity contribution < 1.29 is 14.4 Å². The fourth-order valence-electron chi connectivity index (χ4n) is 4.81. The van der Waals surface area contributed by atoms with Gasteiger partial charge in [0.15, 0.2) is 11.6 Å². The Kier molecular flexibility index (Phi) is 7.10. The molecular formula is C28H28N2O3. The molecule has 0 bridgehead atoms. The number of nitrogens with one attached hydrogen (secondary N) is 1. The van der Waals surface area contributed by atoms with Crippen LogP contribution in [0.15, 0.2) is 91.0 Å². The lowest BCUT2D eigenvalue weighted by atomic mass is 9.68. The molecule has 1 heterocycles. The summed E-state index contributed by atoms with van der Waals surface area (Å²) < 4.78 is 0. The Balaban J connectivity index is 1.79. The lowest BCUT2D eigenvalue weighted by molar-refractivity contribution is -0.122. The molecule has 3 aromatic rings. The van der Waals surface area contributed by atoms with E-state index in [4.69, 9.17) is 0 Å². The van der Waals surface area contributed by atoms with Crippen LogP contribution in [0.4, 0.5) is 0 Å². The molecule has 3 atom stereocenters. The SMILES string of the molecule is CNC(=O)CN1C[C@H](C(=O)c2ccccc2)C(c2ccccc2)[C@H](C(=O)c2ccccc2)C1. The number of hydrogen-bond donors (Lipinski definition) is 1. The summed E-state index contributed by atoms with van der Waals surface area (Å²) >= 11 is 0. The molecule has 0 saturated carbocycles. The highest BCUT2D eigenvalue weighted by molar-refractivity contribution is 6.02. The average molecular weight is 441 g/mol. The molecule has 1 N–H and O–H groups in total. The van der Waals surface area contributed by atoms with E-state index < -0.39 is 11.8 Å². The topological polar surface area (TPSA) is 66.5 Å². The van der Waals surface area contributed by atoms with Crippen LogP contribution in [0.25, 0.3) is 0 Å². The van der Waals surface area contributed by atoms with Gasteiger partial charge in [0.2, 0.25) is 5.91 Å². The third-order valence-corrected chi connectivity index (χ3v) is 6.40. The maximum Gasteiger partial charge on any atom is 0.233 e. The number of hydrogen-bond acceptors (Lipinski definition) is 4. The molecule has 5 heteroatoms. The zero-order valence-electron chi connectivity index (χ0n) is 18.7. The van der Waals surface area contributed by atoms with Crippen molar-refractivity contribution in [2.75, 3.05) is 26.7 Å². The number of carbonyl (C=O) groups is 3. The summed E-state index contributed by atoms with van der Waals surface area (Å²) in [6.45, 7) is 0.980. The number of benzene rings is 3. The molecule has 1 fully saturated rings. The van der Waals surface area contributed by atoms with E-state index >= 15 is 0 Å². The summed E-state index contributed by atoms with van der Waals surface area (Å²) in [6.07, 6.45) is 0. The number of nitrogens with zero attached hydrogens (tertiary/aromatic N) is 1. The van der Waals surface area contributed by atoms with E-state index in [1.54, 1.807) is 7.05 Å². The van der Waals surface area contributed by atoms with Gasteiger partial charge in [-0.05, 0) is 5.56 Å². The van der Waals surface area contributed by atoms with Crippen LogP contribution in [-0.4, -0.2) is 49.1 Å². The summed E-state index contributed by atoms with van der Waals surface area (Å²) in [5, 5.41) is 2.66. The second kappa shape index (κ2) is 10.4. The van der Waals surface area contributed by atoms with Crippen LogP contribution in [0.3, 0.4) is 0 Å². The molecule has 0 aromatic heterocycles. The summed E-state index contributed by atoms with van der Waals surface area (Å²) in [5.74, 6) is -1.33. The van der Waals surface area contributed by atoms with Crippen molar-refractivity contribution in [3.63, 3.8) is 0 Å². The molecule has 1 saturated heterocycles. The molecule has 1 amide bonds. The Morgan fingerprint density at radius 2 is 1.15 bits per heavy atom. The van der Waals surface area contributed by atoms with Crippen LogP contribution in [0, 0.1) is 11.8 Å². The molecular weight excluding hydrogens is 412 g/mol. The number of piperidine rings is 1. The molecule has 0 aliphatic carbocycles. The number of likely N-dealkylation sites (tertiary alicyclic amines) is 1. The maximum absolute atomic E-state index is 13.8. The van der Waals surface area contributed by atoms with E-state index in [1.165, 1.54) is 0 Å². The van der Waals surface area contributed by atoms with Crippen molar-refractivity contribution >= 4 is 17.5 Å². The highest BCUT2D eigenvalue weighted by Gasteiger charge is 2.45. The zero-order chi connectivity index (χ0) is 23.2. The lowest BCUT2D eigenvalue weighted by Crippen LogP contribution is -2.52. The summed E-state index contributed by atoms with van der Waals surface area (Å²) in [7, 11) is 1.60. The second-order valence-corrected chi connectivity index (χ2v) is 8.48. The normalized spacial score (nSPS) is 20.7. The van der Waals surface area contributed by atoms with E-state index in [-0.39, 0.29) is 29.9 Å². The third-order valence-electron chi connectivity index (χ3n) is 6.40. The average Bonchev–Trinajstić information content (AvgIpc) is 2.88. The largest absolute Gasteiger partial charge is 0.358 e. The van der Waals surface area contributed by atoms with Gasteiger partial charge in [-0.25, -0.2) is 0 Å². The smallest absolute Gasteiger partial charge is 0.233 e. The summed E-state index contributed by atoms with van der Waals surface area (Å²) in [4.78, 5) is 41.6. The number of amides is 1. The van der Waals surface area contributed by atoms with Crippen molar-refractivity contribution in [3.05, 3.63) is 108 Å². The number of likely N-dealkylation sites (N-methyl/N-ethyl adjacent to an activating group) is 1. The first-order valence-electron chi connectivity index (χ1n) is 11.2. The van der Waals surface area contributed by atoms with E-state index in [0.717, 1.165) is 5.56 Å². The molecule has 3 aromatic carbocycles. The molecule has 168 valence electrons. The minimum absolute atomic E-state index is 0.00285. The number of Topliss-reactive ketones (excluding diaryl/α,β-unsaturated/α-hetero) is 2. The van der Waals surface area contributed by atoms with Crippen LogP contribution < -0.4 is 5.32 Å². The van der Waals surface area contributed by atoms with Gasteiger partial charge in [-0.2, -0.15) is 0 Å². The predicted molar refractivity (Wildman–Crippen MR) is 128 cm³/mol. The molecule has 0 spiro atoms. The van der Waals surface area contributed by atoms with E-state index in [1.807, 2.05) is 95.9 Å². The molecule has 4 rings (SSSR count). The molecule has 0 radical (unpaired) electrons. The second-order valence-electron chi connectivity index (χ2n) is 8.48. The fraction of sp³-hybridized carbons (Fsp3) is 0.250. The minimum atomic E-state index is -0.453. The van der Waals surface area contributed by atoms with Crippen molar-refractivity contribution in [1.29, 1.82) is 0 Å². The summed E-state index contributed by atoms with van der Waals surface area (Å²) in [5.41, 5.74) is 2.22. The first kappa shape index (κ1) is 22.6. The first-order valence-corrected chi connectivity index (χ1v) is 11.2. The van der Waals surface area contributed by atoms with Gasteiger partial charge in [0, 0.05) is 49.0 Å². The van der Waals surface area contributed by atoms with Crippen LogP contribution >= 0.6 is 0 Å². The van der Waals surface area contributed by atoms with Crippen LogP contribution in [-0.2, 0) is 4.79 Å². The standard InChI is InChI=1S/C28H28N2O3/c1-29-25(31)19-30-17-23(27(32)21-13-7-3-8-14-21)26(20-11-5-2-6-12-20)24(18-30)28(33)22-15-9-4-10-16-22/h2-16,23-24,26H,17-19H2,1H3,(H,29,31)/t23-,24+,26?. The Morgan fingerprint density at radius 1 is 0.727 bits per heavy atom. The highest BCUT2D eigenvalue weighted by atomic mass is 16.2. The number of carbonyl (C=O) groups excluding carboxylic acids is 3. The lowest BCUT2D eigenvalue weighted by Gasteiger charge is -2.42. The molecule has 5 nitrogen and oxygen atoms in total. The Morgan fingerprint density at radius 3 is 1.58 bits per heavy atom.